The Labute approximate surface area is 226 Å². The van der Waals surface area contributed by atoms with Gasteiger partial charge in [-0.3, -0.25) is 14.9 Å². The van der Waals surface area contributed by atoms with Crippen molar-refractivity contribution in [2.24, 2.45) is 0 Å². The minimum absolute atomic E-state index is 0.163. The van der Waals surface area contributed by atoms with E-state index in [-0.39, 0.29) is 35.1 Å². The standard InChI is InChI=1S/C28H28N4O6S/c33-28(30-13-15-38-16-14-30)21-5-8-26(27(19-21)32(34)35)29-9-11-31(12-10-29)39(36,37)23-6-7-25-22(18-23)17-20-3-1-2-4-24(20)25/h1-8,18-19H,9-17H2. The van der Waals surface area contributed by atoms with Gasteiger partial charge >= 0.3 is 0 Å². The molecule has 2 fully saturated rings. The lowest BCUT2D eigenvalue weighted by molar-refractivity contribution is -0.384. The highest BCUT2D eigenvalue weighted by molar-refractivity contribution is 7.89. The third-order valence-corrected chi connectivity index (χ3v) is 9.59. The number of sulfonamides is 1. The molecule has 0 radical (unpaired) electrons. The van der Waals surface area contributed by atoms with E-state index in [0.29, 0.717) is 51.5 Å². The predicted octanol–water partition coefficient (Wildman–Crippen LogP) is 3.15. The average molecular weight is 549 g/mol. The van der Waals surface area contributed by atoms with Crippen molar-refractivity contribution >= 4 is 27.3 Å². The molecule has 3 aromatic carbocycles. The Morgan fingerprint density at radius 1 is 0.846 bits per heavy atom. The van der Waals surface area contributed by atoms with Gasteiger partial charge in [-0.15, -0.1) is 0 Å². The van der Waals surface area contributed by atoms with Crippen molar-refractivity contribution in [3.05, 3.63) is 87.5 Å². The number of hydrogen-bond donors (Lipinski definition) is 0. The Balaban J connectivity index is 1.17. The summed E-state index contributed by atoms with van der Waals surface area (Å²) in [5, 5.41) is 11.9. The number of benzene rings is 3. The lowest BCUT2D eigenvalue weighted by Crippen LogP contribution is -2.48. The molecule has 0 unspecified atom stereocenters. The molecule has 0 N–H and O–H groups in total. The fourth-order valence-electron chi connectivity index (χ4n) is 5.62. The number of amides is 1. The summed E-state index contributed by atoms with van der Waals surface area (Å²) in [5.41, 5.74) is 4.87. The van der Waals surface area contributed by atoms with Crippen molar-refractivity contribution in [3.63, 3.8) is 0 Å². The number of anilines is 1. The molecule has 39 heavy (non-hydrogen) atoms. The summed E-state index contributed by atoms with van der Waals surface area (Å²) >= 11 is 0. The quantitative estimate of drug-likeness (QED) is 0.278. The summed E-state index contributed by atoms with van der Waals surface area (Å²) in [4.78, 5) is 28.0. The zero-order valence-corrected chi connectivity index (χ0v) is 22.1. The monoisotopic (exact) mass is 548 g/mol. The van der Waals surface area contributed by atoms with Crippen molar-refractivity contribution < 1.29 is 22.9 Å². The number of nitro groups is 1. The molecule has 0 atom stereocenters. The molecule has 2 heterocycles. The van der Waals surface area contributed by atoms with Crippen LogP contribution in [0.5, 0.6) is 0 Å². The number of ether oxygens (including phenoxy) is 1. The molecule has 0 aromatic heterocycles. The molecule has 10 nitrogen and oxygen atoms in total. The Morgan fingerprint density at radius 2 is 1.56 bits per heavy atom. The second kappa shape index (κ2) is 10.1. The van der Waals surface area contributed by atoms with Crippen LogP contribution >= 0.6 is 0 Å². The lowest BCUT2D eigenvalue weighted by Gasteiger charge is -2.35. The highest BCUT2D eigenvalue weighted by Gasteiger charge is 2.32. The van der Waals surface area contributed by atoms with E-state index < -0.39 is 14.9 Å². The number of nitro benzene ring substituents is 1. The van der Waals surface area contributed by atoms with Gasteiger partial charge < -0.3 is 14.5 Å². The maximum absolute atomic E-state index is 13.5. The number of carbonyl (C=O) groups excluding carboxylic acids is 1. The molecule has 0 spiro atoms. The van der Waals surface area contributed by atoms with Crippen LogP contribution in [0.1, 0.15) is 21.5 Å². The molecular weight excluding hydrogens is 520 g/mol. The first-order valence-corrected chi connectivity index (χ1v) is 14.4. The second-order valence-corrected chi connectivity index (χ2v) is 11.8. The second-order valence-electron chi connectivity index (χ2n) is 9.91. The van der Waals surface area contributed by atoms with Crippen LogP contribution in [0.3, 0.4) is 0 Å². The molecule has 1 aliphatic carbocycles. The highest BCUT2D eigenvalue weighted by atomic mass is 32.2. The molecule has 1 amide bonds. The zero-order valence-electron chi connectivity index (χ0n) is 21.3. The number of piperazine rings is 1. The van der Waals surface area contributed by atoms with E-state index in [0.717, 1.165) is 16.7 Å². The fourth-order valence-corrected chi connectivity index (χ4v) is 7.09. The van der Waals surface area contributed by atoms with Crippen LogP contribution in [0, 0.1) is 10.1 Å². The lowest BCUT2D eigenvalue weighted by atomic mass is 10.1. The van der Waals surface area contributed by atoms with Crippen LogP contribution in [0.2, 0.25) is 0 Å². The number of carbonyl (C=O) groups is 1. The number of morpholine rings is 1. The van der Waals surface area contributed by atoms with Gasteiger partial charge in [-0.1, -0.05) is 30.3 Å². The molecule has 11 heteroatoms. The topological polar surface area (TPSA) is 113 Å². The summed E-state index contributed by atoms with van der Waals surface area (Å²) in [5.74, 6) is -0.263. The van der Waals surface area contributed by atoms with Crippen LogP contribution in [-0.2, 0) is 21.2 Å². The van der Waals surface area contributed by atoms with E-state index in [1.165, 1.54) is 15.9 Å². The molecule has 2 aliphatic heterocycles. The Kier molecular flexibility index (Phi) is 6.57. The summed E-state index contributed by atoms with van der Waals surface area (Å²) in [7, 11) is -3.72. The van der Waals surface area contributed by atoms with Crippen LogP contribution in [0.4, 0.5) is 11.4 Å². The van der Waals surface area contributed by atoms with Gasteiger partial charge in [0.1, 0.15) is 5.69 Å². The van der Waals surface area contributed by atoms with E-state index in [1.807, 2.05) is 23.1 Å². The molecule has 2 saturated heterocycles. The molecule has 3 aliphatic rings. The van der Waals surface area contributed by atoms with Gasteiger partial charge in [-0.2, -0.15) is 4.31 Å². The van der Waals surface area contributed by atoms with Gasteiger partial charge in [-0.05, 0) is 52.9 Å². The van der Waals surface area contributed by atoms with Gasteiger partial charge in [0.2, 0.25) is 10.0 Å². The van der Waals surface area contributed by atoms with E-state index in [4.69, 9.17) is 4.74 Å². The van der Waals surface area contributed by atoms with Crippen LogP contribution in [-0.4, -0.2) is 80.9 Å². The third kappa shape index (κ3) is 4.66. The Hall–Kier alpha value is -3.80. The van der Waals surface area contributed by atoms with E-state index in [1.54, 1.807) is 29.2 Å². The number of nitrogens with zero attached hydrogens (tertiary/aromatic N) is 4. The minimum atomic E-state index is -3.72. The van der Waals surface area contributed by atoms with E-state index in [9.17, 15) is 23.3 Å². The van der Waals surface area contributed by atoms with Gasteiger partial charge in [-0.25, -0.2) is 8.42 Å². The Morgan fingerprint density at radius 3 is 2.31 bits per heavy atom. The maximum atomic E-state index is 13.5. The summed E-state index contributed by atoms with van der Waals surface area (Å²) in [6.45, 7) is 2.78. The van der Waals surface area contributed by atoms with Crippen molar-refractivity contribution in [2.75, 3.05) is 57.4 Å². The van der Waals surface area contributed by atoms with Gasteiger partial charge in [0.15, 0.2) is 0 Å². The highest BCUT2D eigenvalue weighted by Crippen LogP contribution is 2.38. The number of rotatable bonds is 5. The third-order valence-electron chi connectivity index (χ3n) is 7.70. The summed E-state index contributed by atoms with van der Waals surface area (Å²) < 4.78 is 33.7. The van der Waals surface area contributed by atoms with Crippen molar-refractivity contribution in [2.45, 2.75) is 11.3 Å². The summed E-state index contributed by atoms with van der Waals surface area (Å²) in [6, 6.07) is 17.9. The molecule has 6 rings (SSSR count). The van der Waals surface area contributed by atoms with Crippen molar-refractivity contribution in [3.8, 4) is 11.1 Å². The van der Waals surface area contributed by atoms with Gasteiger partial charge in [0.05, 0.1) is 23.0 Å². The van der Waals surface area contributed by atoms with Crippen molar-refractivity contribution in [1.82, 2.24) is 9.21 Å². The minimum Gasteiger partial charge on any atom is -0.378 e. The first-order valence-electron chi connectivity index (χ1n) is 12.9. The van der Waals surface area contributed by atoms with Crippen LogP contribution < -0.4 is 4.90 Å². The fraction of sp³-hybridized carbons (Fsp3) is 0.321. The molecular formula is C28H28N4O6S. The zero-order chi connectivity index (χ0) is 27.1. The Bertz CT molecular complexity index is 1560. The van der Waals surface area contributed by atoms with E-state index >= 15 is 0 Å². The SMILES string of the molecule is O=C(c1ccc(N2CCN(S(=O)(=O)c3ccc4c(c3)Cc3ccccc3-4)CC2)c([N+](=O)[O-])c1)N1CCOCC1. The maximum Gasteiger partial charge on any atom is 0.293 e. The predicted molar refractivity (Wildman–Crippen MR) is 145 cm³/mol. The van der Waals surface area contributed by atoms with Gasteiger partial charge in [0.25, 0.3) is 11.6 Å². The number of fused-ring (bicyclic) bond motifs is 3. The first-order chi connectivity index (χ1) is 18.8. The molecule has 0 saturated carbocycles. The molecule has 202 valence electrons. The largest absolute Gasteiger partial charge is 0.378 e. The molecule has 0 bridgehead atoms. The van der Waals surface area contributed by atoms with Crippen molar-refractivity contribution in [1.29, 1.82) is 0 Å². The normalized spacial score (nSPS) is 17.5. The van der Waals surface area contributed by atoms with E-state index in [2.05, 4.69) is 12.1 Å². The smallest absolute Gasteiger partial charge is 0.293 e. The number of hydrogen-bond acceptors (Lipinski definition) is 7. The van der Waals surface area contributed by atoms with Gasteiger partial charge in [0, 0.05) is 50.9 Å². The average Bonchev–Trinajstić information content (AvgIpc) is 3.35. The first kappa shape index (κ1) is 25.5. The molecule has 3 aromatic rings. The summed E-state index contributed by atoms with van der Waals surface area (Å²) in [6.07, 6.45) is 0.705. The van der Waals surface area contributed by atoms with Crippen LogP contribution in [0.15, 0.2) is 65.6 Å². The van der Waals surface area contributed by atoms with Crippen LogP contribution in [0.25, 0.3) is 11.1 Å².